The molecule has 5 atom stereocenters. The van der Waals surface area contributed by atoms with E-state index in [2.05, 4.69) is 22.0 Å². The van der Waals surface area contributed by atoms with Crippen molar-refractivity contribution >= 4 is 42.9 Å². The third kappa shape index (κ3) is 10.3. The first-order valence-electron chi connectivity index (χ1n) is 12.3. The second-order valence-electron chi connectivity index (χ2n) is 9.24. The Morgan fingerprint density at radius 2 is 1.92 bits per heavy atom. The Morgan fingerprint density at radius 1 is 1.23 bits per heavy atom. The number of amidine groups is 3. The lowest BCUT2D eigenvalue weighted by Crippen LogP contribution is -2.45. The highest BCUT2D eigenvalue weighted by Crippen LogP contribution is 2.51. The molecule has 39 heavy (non-hydrogen) atoms. The fourth-order valence-corrected chi connectivity index (χ4v) is 4.86. The van der Waals surface area contributed by atoms with Crippen LogP contribution in [0.5, 0.6) is 0 Å². The van der Waals surface area contributed by atoms with E-state index in [0.29, 0.717) is 18.3 Å². The van der Waals surface area contributed by atoms with Gasteiger partial charge in [-0.25, -0.2) is 9.98 Å². The molecule has 1 heterocycles. The summed E-state index contributed by atoms with van der Waals surface area (Å²) in [6.45, 7) is 0.901. The lowest BCUT2D eigenvalue weighted by molar-refractivity contribution is -0.118. The minimum atomic E-state index is -5.12. The van der Waals surface area contributed by atoms with Crippen LogP contribution in [0.25, 0.3) is 0 Å². The minimum absolute atomic E-state index is 0.294. The van der Waals surface area contributed by atoms with Crippen molar-refractivity contribution in [2.24, 2.45) is 15.9 Å². The van der Waals surface area contributed by atoms with Gasteiger partial charge in [0.15, 0.2) is 0 Å². The van der Waals surface area contributed by atoms with Gasteiger partial charge < -0.3 is 44.6 Å². The second-order valence-corrected chi connectivity index (χ2v) is 11.5. The van der Waals surface area contributed by atoms with Crippen LogP contribution in [0, 0.1) is 16.7 Å². The third-order valence-corrected chi connectivity index (χ3v) is 7.93. The molecule has 0 bridgehead atoms. The van der Waals surface area contributed by atoms with Crippen molar-refractivity contribution in [2.75, 3.05) is 33.0 Å². The summed E-state index contributed by atoms with van der Waals surface area (Å²) in [5, 5.41) is 45.6. The molecule has 2 fully saturated rings. The molecule has 8 N–H and O–H groups in total. The summed E-state index contributed by atoms with van der Waals surface area (Å²) in [5.74, 6) is 0.633. The third-order valence-electron chi connectivity index (χ3n) is 6.38. The molecule has 0 aromatic heterocycles. The number of nitrogens with zero attached hydrogens (tertiary/aromatic N) is 2. The van der Waals surface area contributed by atoms with E-state index in [0.717, 1.165) is 12.8 Å². The van der Waals surface area contributed by atoms with Gasteiger partial charge in [-0.1, -0.05) is 31.1 Å². The lowest BCUT2D eigenvalue weighted by Gasteiger charge is -2.33. The minimum Gasteiger partial charge on any atom is -0.393 e. The normalized spacial score (nSPS) is 26.4. The highest BCUT2D eigenvalue weighted by molar-refractivity contribution is 7.53. The van der Waals surface area contributed by atoms with Crippen LogP contribution in [0.2, 0.25) is 0 Å². The molecule has 1 aliphatic heterocycles. The maximum atomic E-state index is 12.1. The molecular weight excluding hydrogens is 557 g/mol. The monoisotopic (exact) mass is 593 g/mol. The summed E-state index contributed by atoms with van der Waals surface area (Å²) in [6.07, 6.45) is 5.82. The van der Waals surface area contributed by atoms with Gasteiger partial charge in [0.05, 0.1) is 19.8 Å². The van der Waals surface area contributed by atoms with E-state index in [1.807, 2.05) is 0 Å². The van der Waals surface area contributed by atoms with Gasteiger partial charge in [-0.3, -0.25) is 15.4 Å². The summed E-state index contributed by atoms with van der Waals surface area (Å²) in [4.78, 5) is 26.8. The van der Waals surface area contributed by atoms with E-state index in [-0.39, 0.29) is 11.1 Å². The highest BCUT2D eigenvalue weighted by atomic mass is 35.5. The van der Waals surface area contributed by atoms with Crippen molar-refractivity contribution < 1.29 is 43.9 Å². The molecular formula is C23H37ClN5O9P. The van der Waals surface area contributed by atoms with E-state index in [1.54, 1.807) is 18.2 Å². The topological polar surface area (TPSA) is 230 Å². The smallest absolute Gasteiger partial charge is 0.361 e. The zero-order chi connectivity index (χ0) is 29.1. The average Bonchev–Trinajstić information content (AvgIpc) is 3.49. The van der Waals surface area contributed by atoms with Gasteiger partial charge in [0.1, 0.15) is 42.7 Å². The van der Waals surface area contributed by atoms with Gasteiger partial charge in [0.25, 0.3) is 0 Å². The van der Waals surface area contributed by atoms with E-state index < -0.39 is 63.8 Å². The van der Waals surface area contributed by atoms with Crippen LogP contribution >= 0.6 is 19.2 Å². The zero-order valence-corrected chi connectivity index (χ0v) is 23.0. The van der Waals surface area contributed by atoms with Crippen LogP contribution in [0.15, 0.2) is 34.3 Å². The molecule has 0 spiro atoms. The largest absolute Gasteiger partial charge is 0.393 e. The van der Waals surface area contributed by atoms with Gasteiger partial charge in [-0.15, -0.1) is 0 Å². The highest BCUT2D eigenvalue weighted by Gasteiger charge is 2.50. The Morgan fingerprint density at radius 3 is 2.51 bits per heavy atom. The van der Waals surface area contributed by atoms with Gasteiger partial charge in [0, 0.05) is 6.54 Å². The first kappa shape index (κ1) is 33.4. The van der Waals surface area contributed by atoms with Gasteiger partial charge in [0.2, 0.25) is 10.6 Å². The Hall–Kier alpha value is -1.84. The number of ether oxygens (including phenoxy) is 3. The summed E-state index contributed by atoms with van der Waals surface area (Å²) < 4.78 is 28.1. The molecule has 0 amide bonds. The maximum Gasteiger partial charge on any atom is 0.361 e. The Kier molecular flexibility index (Phi) is 13.5. The number of halogens is 1. The van der Waals surface area contributed by atoms with E-state index >= 15 is 0 Å². The van der Waals surface area contributed by atoms with Gasteiger partial charge in [-0.05, 0) is 43.2 Å². The summed E-state index contributed by atoms with van der Waals surface area (Å²) >= 11 is 5.61. The number of hydrogen-bond acceptors (Lipinski definition) is 9. The van der Waals surface area contributed by atoms with Crippen molar-refractivity contribution in [3.8, 4) is 0 Å². The second kappa shape index (κ2) is 15.8. The van der Waals surface area contributed by atoms with Crippen LogP contribution in [-0.2, 0) is 18.8 Å². The summed E-state index contributed by atoms with van der Waals surface area (Å²) in [7, 11) is -5.12. The summed E-state index contributed by atoms with van der Waals surface area (Å²) in [5.41, 5.74) is 0. The molecule has 16 heteroatoms. The molecule has 0 radical (unpaired) electrons. The number of aliphatic hydroxyl groups is 3. The summed E-state index contributed by atoms with van der Waals surface area (Å²) in [6, 6.07) is 0. The van der Waals surface area contributed by atoms with Gasteiger partial charge in [-0.2, -0.15) is 0 Å². The molecule has 0 aromatic carbocycles. The van der Waals surface area contributed by atoms with E-state index in [9.17, 15) is 29.7 Å². The maximum absolute atomic E-state index is 12.1. The predicted molar refractivity (Wildman–Crippen MR) is 146 cm³/mol. The van der Waals surface area contributed by atoms with Crippen molar-refractivity contribution in [1.82, 2.24) is 5.32 Å². The molecule has 14 nitrogen and oxygen atoms in total. The molecule has 1 unspecified atom stereocenters. The quantitative estimate of drug-likeness (QED) is 0.0457. The molecule has 1 saturated heterocycles. The van der Waals surface area contributed by atoms with Crippen molar-refractivity contribution in [3.63, 3.8) is 0 Å². The van der Waals surface area contributed by atoms with Crippen LogP contribution in [0.3, 0.4) is 0 Å². The van der Waals surface area contributed by atoms with Gasteiger partial charge >= 0.3 is 7.60 Å². The number of aliphatic imine (C=N–C) groups is 2. The molecule has 1 saturated carbocycles. The van der Waals surface area contributed by atoms with Crippen LogP contribution < -0.4 is 5.32 Å². The van der Waals surface area contributed by atoms with Crippen LogP contribution in [0.4, 0.5) is 0 Å². The van der Waals surface area contributed by atoms with E-state index in [4.69, 9.17) is 36.6 Å². The van der Waals surface area contributed by atoms with Crippen molar-refractivity contribution in [1.29, 1.82) is 10.8 Å². The van der Waals surface area contributed by atoms with Crippen LogP contribution in [0.1, 0.15) is 25.7 Å². The van der Waals surface area contributed by atoms with E-state index in [1.165, 1.54) is 18.9 Å². The average molecular weight is 594 g/mol. The number of allylic oxidation sites excluding steroid dienone is 2. The zero-order valence-electron chi connectivity index (χ0n) is 21.4. The number of nitrogens with one attached hydrogen (secondary N) is 3. The van der Waals surface area contributed by atoms with Crippen LogP contribution in [-0.4, -0.2) is 112 Å². The fraction of sp³-hybridized carbons (Fsp3) is 0.652. The molecule has 220 valence electrons. The first-order chi connectivity index (χ1) is 18.4. The molecule has 0 aromatic rings. The Labute approximate surface area is 231 Å². The first-order valence-corrected chi connectivity index (χ1v) is 14.3. The lowest BCUT2D eigenvalue weighted by atomic mass is 10.1. The number of rotatable bonds is 14. The fourth-order valence-electron chi connectivity index (χ4n) is 4.08. The van der Waals surface area contributed by atoms with Crippen molar-refractivity contribution in [2.45, 2.75) is 55.4 Å². The standard InChI is InChI=1S/C23H37ClN5O9P/c1-27-18(25)12-36-14-23(13-30,39(33,34)35)37-11-17-21(32)20(31)16(38-17)8-4-5-9-19(29-22(24)26)28-10-15-6-2-3-7-15/h4-5,8-9,15-17,20-21,25,30-32H,1-3,6-7,10-14H2,(H2,26,28,29)(H2,33,34,35)/b8-4+,9-5+,25-18?/t16-,17+,20-,21+,23?/m0/s1. The SMILES string of the molecule is C=NC(=N)COCC(CO)(OC[C@H]1O[C@@H](/C=C/C=C/C(=N\C(=N)Cl)NCC2CCCC2)[C@H](O)[C@@H]1O)P(=O)(O)O. The van der Waals surface area contributed by atoms with Crippen molar-refractivity contribution in [3.05, 3.63) is 24.3 Å². The predicted octanol–water partition coefficient (Wildman–Crippen LogP) is 0.517. The molecule has 2 rings (SSSR count). The number of aliphatic hydroxyl groups excluding tert-OH is 3. The Balaban J connectivity index is 1.98. The Bertz CT molecular complexity index is 985. The molecule has 2 aliphatic rings. The molecule has 1 aliphatic carbocycles. The number of hydrogen-bond donors (Lipinski definition) is 8.